The minimum Gasteiger partial charge on any atom is -0.445 e. The summed E-state index contributed by atoms with van der Waals surface area (Å²) in [5.41, 5.74) is 4.43. The molecule has 0 saturated heterocycles. The lowest BCUT2D eigenvalue weighted by Gasteiger charge is -2.19. The maximum absolute atomic E-state index is 10.2. The summed E-state index contributed by atoms with van der Waals surface area (Å²) in [7, 11) is 0. The summed E-state index contributed by atoms with van der Waals surface area (Å²) in [5.74, 6) is -0.395. The van der Waals surface area contributed by atoms with E-state index in [9.17, 15) is 5.11 Å². The van der Waals surface area contributed by atoms with Gasteiger partial charge in [-0.25, -0.2) is 9.97 Å². The van der Waals surface area contributed by atoms with Crippen molar-refractivity contribution in [1.29, 1.82) is 0 Å². The van der Waals surface area contributed by atoms with Gasteiger partial charge in [0.05, 0.1) is 0 Å². The average Bonchev–Trinajstić information content (AvgIpc) is 3.08. The third-order valence-electron chi connectivity index (χ3n) is 4.49. The van der Waals surface area contributed by atoms with Crippen LogP contribution in [0.1, 0.15) is 26.3 Å². The van der Waals surface area contributed by atoms with Gasteiger partial charge in [0.2, 0.25) is 17.4 Å². The number of hydrogen-bond donors (Lipinski definition) is 1. The Morgan fingerprint density at radius 1 is 0.964 bits per heavy atom. The highest BCUT2D eigenvalue weighted by molar-refractivity contribution is 6.03. The van der Waals surface area contributed by atoms with Gasteiger partial charge in [0.15, 0.2) is 0 Å². The van der Waals surface area contributed by atoms with Crippen molar-refractivity contribution in [3.8, 4) is 28.3 Å². The molecular weight excluding hydrogens is 352 g/mol. The Morgan fingerprint density at radius 3 is 2.32 bits per heavy atom. The van der Waals surface area contributed by atoms with Crippen molar-refractivity contribution in [2.24, 2.45) is 0 Å². The van der Waals surface area contributed by atoms with Crippen LogP contribution in [0.5, 0.6) is 5.88 Å². The number of ether oxygens (including phenoxy) is 1. The lowest BCUT2D eigenvalue weighted by molar-refractivity contribution is -0.106. The molecule has 4 aromatic rings. The number of aryl methyl sites for hydroxylation is 1. The van der Waals surface area contributed by atoms with E-state index in [2.05, 4.69) is 41.2 Å². The minimum atomic E-state index is -1.38. The predicted octanol–water partition coefficient (Wildman–Crippen LogP) is 5.23. The number of furan rings is 1. The lowest BCUT2D eigenvalue weighted by Crippen LogP contribution is -2.27. The van der Waals surface area contributed by atoms with E-state index in [1.165, 1.54) is 11.9 Å². The van der Waals surface area contributed by atoms with E-state index in [1.54, 1.807) is 13.8 Å². The molecule has 5 nitrogen and oxygen atoms in total. The van der Waals surface area contributed by atoms with E-state index in [-0.39, 0.29) is 5.88 Å². The average molecular weight is 374 g/mol. The third-order valence-corrected chi connectivity index (χ3v) is 4.49. The zero-order chi connectivity index (χ0) is 19.7. The normalized spacial score (nSPS) is 11.7. The molecule has 1 N–H and O–H groups in total. The number of nitrogens with zero attached hydrogens (tertiary/aromatic N) is 2. The topological polar surface area (TPSA) is 68.4 Å². The number of aliphatic hydroxyl groups is 1. The fraction of sp³-hybridized carbons (Fsp3) is 0.217. The Bertz CT molecular complexity index is 1090. The number of aromatic nitrogens is 2. The number of rotatable bonds is 5. The molecule has 0 aliphatic carbocycles. The molecule has 5 heteroatoms. The van der Waals surface area contributed by atoms with Gasteiger partial charge in [0, 0.05) is 25.0 Å². The Kier molecular flexibility index (Phi) is 4.61. The zero-order valence-electron chi connectivity index (χ0n) is 16.1. The number of benzene rings is 2. The Hall–Kier alpha value is -3.18. The third kappa shape index (κ3) is 3.49. The van der Waals surface area contributed by atoms with Crippen LogP contribution in [0.2, 0.25) is 0 Å². The van der Waals surface area contributed by atoms with E-state index in [0.29, 0.717) is 16.9 Å². The molecule has 0 saturated carbocycles. The van der Waals surface area contributed by atoms with Gasteiger partial charge in [-0.15, -0.1) is 0 Å². The van der Waals surface area contributed by atoms with E-state index < -0.39 is 5.79 Å². The van der Waals surface area contributed by atoms with Gasteiger partial charge in [0.25, 0.3) is 0 Å². The van der Waals surface area contributed by atoms with Gasteiger partial charge in [-0.3, -0.25) is 0 Å². The molecule has 0 aliphatic rings. The summed E-state index contributed by atoms with van der Waals surface area (Å²) in [5, 5.41) is 10.8. The number of hydrogen-bond acceptors (Lipinski definition) is 5. The van der Waals surface area contributed by atoms with Crippen LogP contribution in [0.3, 0.4) is 0 Å². The van der Waals surface area contributed by atoms with Crippen LogP contribution in [0.25, 0.3) is 33.6 Å². The zero-order valence-corrected chi connectivity index (χ0v) is 16.1. The van der Waals surface area contributed by atoms with E-state index >= 15 is 0 Å². The summed E-state index contributed by atoms with van der Waals surface area (Å²) < 4.78 is 11.9. The van der Waals surface area contributed by atoms with E-state index in [4.69, 9.17) is 9.15 Å². The Balaban J connectivity index is 2.02. The Morgan fingerprint density at radius 2 is 1.68 bits per heavy atom. The predicted molar refractivity (Wildman–Crippen MR) is 109 cm³/mol. The smallest absolute Gasteiger partial charge is 0.234 e. The largest absolute Gasteiger partial charge is 0.445 e. The summed E-state index contributed by atoms with van der Waals surface area (Å²) in [6.07, 6.45) is 2.35. The lowest BCUT2D eigenvalue weighted by atomic mass is 9.98. The molecule has 0 amide bonds. The van der Waals surface area contributed by atoms with Crippen LogP contribution < -0.4 is 4.74 Å². The maximum atomic E-state index is 10.2. The molecule has 0 bridgehead atoms. The fourth-order valence-corrected chi connectivity index (χ4v) is 3.20. The number of fused-ring (bicyclic) bond motifs is 1. The van der Waals surface area contributed by atoms with Crippen LogP contribution in [0, 0.1) is 0 Å². The summed E-state index contributed by atoms with van der Waals surface area (Å²) in [6, 6.07) is 18.2. The molecule has 0 fully saturated rings. The quantitative estimate of drug-likeness (QED) is 0.485. The van der Waals surface area contributed by atoms with Gasteiger partial charge in [0.1, 0.15) is 17.5 Å². The molecule has 28 heavy (non-hydrogen) atoms. The molecule has 0 atom stereocenters. The van der Waals surface area contributed by atoms with Crippen molar-refractivity contribution >= 4 is 11.1 Å². The highest BCUT2D eigenvalue weighted by Crippen LogP contribution is 2.43. The van der Waals surface area contributed by atoms with Gasteiger partial charge < -0.3 is 14.3 Å². The van der Waals surface area contributed by atoms with Crippen molar-refractivity contribution in [3.63, 3.8) is 0 Å². The van der Waals surface area contributed by atoms with Crippen LogP contribution in [0.15, 0.2) is 65.3 Å². The molecule has 2 aromatic carbocycles. The second kappa shape index (κ2) is 7.09. The molecule has 0 spiro atoms. The van der Waals surface area contributed by atoms with Gasteiger partial charge >= 0.3 is 0 Å². The van der Waals surface area contributed by atoms with Crippen molar-refractivity contribution < 1.29 is 14.3 Å². The second-order valence-corrected chi connectivity index (χ2v) is 7.13. The molecule has 4 rings (SSSR count). The molecule has 2 aromatic heterocycles. The molecular formula is C23H22N2O3. The van der Waals surface area contributed by atoms with Crippen LogP contribution in [0.4, 0.5) is 0 Å². The molecule has 0 unspecified atom stereocenters. The first kappa shape index (κ1) is 18.2. The Labute approximate surface area is 163 Å². The standard InChI is InChI=1S/C23H22N2O3/c1-4-15-10-12-16(13-11-15)18-19-21(24-14-25-22(19)28-23(2,3)26)27-20(18)17-8-6-5-7-9-17/h5-14,26H,4H2,1-3H3. The highest BCUT2D eigenvalue weighted by Gasteiger charge is 2.25. The van der Waals surface area contributed by atoms with Gasteiger partial charge in [-0.2, -0.15) is 0 Å². The summed E-state index contributed by atoms with van der Waals surface area (Å²) in [4.78, 5) is 8.56. The SMILES string of the molecule is CCc1ccc(-c2c(-c3ccccc3)oc3ncnc(OC(C)(C)O)c23)cc1. The van der Waals surface area contributed by atoms with Crippen LogP contribution >= 0.6 is 0 Å². The second-order valence-electron chi connectivity index (χ2n) is 7.13. The van der Waals surface area contributed by atoms with E-state index in [1.807, 2.05) is 30.3 Å². The van der Waals surface area contributed by atoms with Crippen molar-refractivity contribution in [2.75, 3.05) is 0 Å². The van der Waals surface area contributed by atoms with Crippen molar-refractivity contribution in [1.82, 2.24) is 9.97 Å². The highest BCUT2D eigenvalue weighted by atomic mass is 16.6. The molecule has 0 aliphatic heterocycles. The monoisotopic (exact) mass is 374 g/mol. The minimum absolute atomic E-state index is 0.290. The summed E-state index contributed by atoms with van der Waals surface area (Å²) in [6.45, 7) is 5.25. The fourth-order valence-electron chi connectivity index (χ4n) is 3.20. The first-order chi connectivity index (χ1) is 13.5. The van der Waals surface area contributed by atoms with Gasteiger partial charge in [-0.1, -0.05) is 61.5 Å². The molecule has 2 heterocycles. The van der Waals surface area contributed by atoms with Crippen molar-refractivity contribution in [3.05, 3.63) is 66.5 Å². The summed E-state index contributed by atoms with van der Waals surface area (Å²) >= 11 is 0. The van der Waals surface area contributed by atoms with E-state index in [0.717, 1.165) is 23.1 Å². The first-order valence-corrected chi connectivity index (χ1v) is 9.30. The van der Waals surface area contributed by atoms with Crippen molar-refractivity contribution in [2.45, 2.75) is 33.0 Å². The van der Waals surface area contributed by atoms with Crippen LogP contribution in [-0.4, -0.2) is 20.9 Å². The van der Waals surface area contributed by atoms with Gasteiger partial charge in [-0.05, 0) is 17.5 Å². The first-order valence-electron chi connectivity index (χ1n) is 9.30. The maximum Gasteiger partial charge on any atom is 0.234 e. The molecule has 142 valence electrons. The molecule has 0 radical (unpaired) electrons. The van der Waals surface area contributed by atoms with Crippen LogP contribution in [-0.2, 0) is 6.42 Å².